The van der Waals surface area contributed by atoms with Crippen LogP contribution in [0, 0.1) is 11.7 Å². The lowest BCUT2D eigenvalue weighted by molar-refractivity contribution is -0.141. The number of methoxy groups -OCH3 is 1. The topological polar surface area (TPSA) is 142 Å². The molecule has 0 saturated carbocycles. The summed E-state index contributed by atoms with van der Waals surface area (Å²) < 4.78 is 18.3. The van der Waals surface area contributed by atoms with Crippen molar-refractivity contribution in [2.75, 3.05) is 36.2 Å². The van der Waals surface area contributed by atoms with Gasteiger partial charge in [0.25, 0.3) is 0 Å². The molecule has 2 aromatic rings. The molecule has 10 nitrogen and oxygen atoms in total. The van der Waals surface area contributed by atoms with Gasteiger partial charge in [0.1, 0.15) is 11.9 Å². The second-order valence-corrected chi connectivity index (χ2v) is 7.01. The highest BCUT2D eigenvalue weighted by Gasteiger charge is 2.22. The SMILES string of the molecule is COC(=O)[C@H](CC(C)C)Nc1nc(NCC(O)CO)nc(Nc2cccc(F)c2)n1. The van der Waals surface area contributed by atoms with E-state index in [4.69, 9.17) is 9.84 Å². The lowest BCUT2D eigenvalue weighted by atomic mass is 10.0. The zero-order valence-electron chi connectivity index (χ0n) is 17.1. The van der Waals surface area contributed by atoms with Crippen molar-refractivity contribution in [3.8, 4) is 0 Å². The third kappa shape index (κ3) is 7.41. The third-order valence-electron chi connectivity index (χ3n) is 3.92. The summed E-state index contributed by atoms with van der Waals surface area (Å²) >= 11 is 0. The van der Waals surface area contributed by atoms with Crippen LogP contribution in [0.3, 0.4) is 0 Å². The van der Waals surface area contributed by atoms with Crippen LogP contribution in [0.2, 0.25) is 0 Å². The Kier molecular flexibility index (Phi) is 8.69. The van der Waals surface area contributed by atoms with Gasteiger partial charge in [0, 0.05) is 12.2 Å². The van der Waals surface area contributed by atoms with Crippen LogP contribution in [-0.2, 0) is 9.53 Å². The molecular formula is C19H27FN6O4. The number of aliphatic hydroxyl groups excluding tert-OH is 2. The first-order valence-electron chi connectivity index (χ1n) is 9.46. The Morgan fingerprint density at radius 1 is 1.20 bits per heavy atom. The number of aliphatic hydroxyl groups is 2. The van der Waals surface area contributed by atoms with Crippen LogP contribution in [0.5, 0.6) is 0 Å². The first kappa shape index (κ1) is 23.2. The van der Waals surface area contributed by atoms with E-state index in [2.05, 4.69) is 30.9 Å². The largest absolute Gasteiger partial charge is 0.467 e. The number of hydrogen-bond donors (Lipinski definition) is 5. The Morgan fingerprint density at radius 2 is 1.90 bits per heavy atom. The fourth-order valence-electron chi connectivity index (χ4n) is 2.53. The predicted molar refractivity (Wildman–Crippen MR) is 110 cm³/mol. The van der Waals surface area contributed by atoms with E-state index in [-0.39, 0.29) is 30.3 Å². The second-order valence-electron chi connectivity index (χ2n) is 7.01. The van der Waals surface area contributed by atoms with E-state index >= 15 is 0 Å². The Morgan fingerprint density at radius 3 is 2.53 bits per heavy atom. The summed E-state index contributed by atoms with van der Waals surface area (Å²) in [6, 6.07) is 5.07. The second kappa shape index (κ2) is 11.2. The minimum absolute atomic E-state index is 0.00815. The smallest absolute Gasteiger partial charge is 0.328 e. The number of carbonyl (C=O) groups excluding carboxylic acids is 1. The maximum Gasteiger partial charge on any atom is 0.328 e. The molecule has 0 aliphatic carbocycles. The van der Waals surface area contributed by atoms with E-state index in [0.717, 1.165) is 0 Å². The van der Waals surface area contributed by atoms with E-state index in [9.17, 15) is 14.3 Å². The average Bonchev–Trinajstić information content (AvgIpc) is 2.70. The number of benzene rings is 1. The van der Waals surface area contributed by atoms with Gasteiger partial charge in [0.15, 0.2) is 0 Å². The molecule has 11 heteroatoms. The highest BCUT2D eigenvalue weighted by atomic mass is 19.1. The summed E-state index contributed by atoms with van der Waals surface area (Å²) in [6.07, 6.45) is -0.529. The van der Waals surface area contributed by atoms with Crippen molar-refractivity contribution in [2.24, 2.45) is 5.92 Å². The molecule has 0 fully saturated rings. The fourth-order valence-corrected chi connectivity index (χ4v) is 2.53. The molecule has 1 unspecified atom stereocenters. The van der Waals surface area contributed by atoms with Crippen molar-refractivity contribution in [1.82, 2.24) is 15.0 Å². The minimum atomic E-state index is -1.01. The van der Waals surface area contributed by atoms with Gasteiger partial charge in [-0.1, -0.05) is 19.9 Å². The highest BCUT2D eigenvalue weighted by molar-refractivity contribution is 5.78. The number of carbonyl (C=O) groups is 1. The normalized spacial score (nSPS) is 12.9. The van der Waals surface area contributed by atoms with Crippen molar-refractivity contribution < 1.29 is 24.1 Å². The fraction of sp³-hybridized carbons (Fsp3) is 0.474. The van der Waals surface area contributed by atoms with Gasteiger partial charge in [-0.3, -0.25) is 0 Å². The van der Waals surface area contributed by atoms with Crippen LogP contribution in [0.4, 0.5) is 27.9 Å². The molecule has 1 aromatic carbocycles. The van der Waals surface area contributed by atoms with E-state index in [1.54, 1.807) is 6.07 Å². The standard InChI is InChI=1S/C19H27FN6O4/c1-11(2)7-15(16(29)30-3)23-19-25-17(21-9-14(28)10-27)24-18(26-19)22-13-6-4-5-12(20)8-13/h4-6,8,11,14-15,27-28H,7,9-10H2,1-3H3,(H3,21,22,23,24,25,26)/t14?,15-/m0/s1. The molecule has 5 N–H and O–H groups in total. The lowest BCUT2D eigenvalue weighted by Crippen LogP contribution is -2.33. The molecule has 0 amide bonds. The predicted octanol–water partition coefficient (Wildman–Crippen LogP) is 1.52. The summed E-state index contributed by atoms with van der Waals surface area (Å²) in [6.45, 7) is 3.48. The monoisotopic (exact) mass is 422 g/mol. The van der Waals surface area contributed by atoms with E-state index in [1.807, 2.05) is 13.8 Å². The number of nitrogens with one attached hydrogen (secondary N) is 3. The highest BCUT2D eigenvalue weighted by Crippen LogP contribution is 2.18. The van der Waals surface area contributed by atoms with Gasteiger partial charge in [-0.2, -0.15) is 15.0 Å². The van der Waals surface area contributed by atoms with Crippen LogP contribution in [0.25, 0.3) is 0 Å². The molecule has 0 saturated heterocycles. The average molecular weight is 422 g/mol. The molecule has 1 aromatic heterocycles. The number of halogens is 1. The van der Waals surface area contributed by atoms with Crippen LogP contribution in [0.15, 0.2) is 24.3 Å². The summed E-state index contributed by atoms with van der Waals surface area (Å²) in [5.74, 6) is -0.431. The van der Waals surface area contributed by atoms with Crippen molar-refractivity contribution in [1.29, 1.82) is 0 Å². The van der Waals surface area contributed by atoms with E-state index in [0.29, 0.717) is 12.1 Å². The molecule has 0 radical (unpaired) electrons. The number of aromatic nitrogens is 3. The van der Waals surface area contributed by atoms with Gasteiger partial charge in [-0.25, -0.2) is 9.18 Å². The van der Waals surface area contributed by atoms with Gasteiger partial charge in [-0.05, 0) is 30.5 Å². The van der Waals surface area contributed by atoms with Crippen molar-refractivity contribution in [2.45, 2.75) is 32.4 Å². The van der Waals surface area contributed by atoms with Crippen molar-refractivity contribution in [3.63, 3.8) is 0 Å². The Bertz CT molecular complexity index is 838. The molecule has 164 valence electrons. The van der Waals surface area contributed by atoms with E-state index in [1.165, 1.54) is 25.3 Å². The third-order valence-corrected chi connectivity index (χ3v) is 3.92. The quantitative estimate of drug-likeness (QED) is 0.338. The van der Waals surface area contributed by atoms with Crippen LogP contribution >= 0.6 is 0 Å². The van der Waals surface area contributed by atoms with Gasteiger partial charge in [0.05, 0.1) is 19.8 Å². The molecule has 2 rings (SSSR count). The van der Waals surface area contributed by atoms with Crippen LogP contribution in [0.1, 0.15) is 20.3 Å². The molecule has 30 heavy (non-hydrogen) atoms. The summed E-state index contributed by atoms with van der Waals surface area (Å²) in [5, 5.41) is 27.1. The molecule has 0 spiro atoms. The summed E-state index contributed by atoms with van der Waals surface area (Å²) in [4.78, 5) is 24.7. The zero-order chi connectivity index (χ0) is 22.1. The van der Waals surface area contributed by atoms with Crippen molar-refractivity contribution >= 4 is 29.5 Å². The number of hydrogen-bond acceptors (Lipinski definition) is 10. The van der Waals surface area contributed by atoms with Gasteiger partial charge in [-0.15, -0.1) is 0 Å². The molecule has 1 heterocycles. The molecular weight excluding hydrogens is 395 g/mol. The lowest BCUT2D eigenvalue weighted by Gasteiger charge is -2.19. The minimum Gasteiger partial charge on any atom is -0.467 e. The summed E-state index contributed by atoms with van der Waals surface area (Å²) in [7, 11) is 1.30. The Balaban J connectivity index is 2.30. The van der Waals surface area contributed by atoms with Crippen LogP contribution < -0.4 is 16.0 Å². The Labute approximate surface area is 173 Å². The van der Waals surface area contributed by atoms with Gasteiger partial charge in [0.2, 0.25) is 17.8 Å². The zero-order valence-corrected chi connectivity index (χ0v) is 17.1. The number of esters is 1. The van der Waals surface area contributed by atoms with Gasteiger partial charge >= 0.3 is 5.97 Å². The first-order valence-corrected chi connectivity index (χ1v) is 9.46. The number of rotatable bonds is 11. The van der Waals surface area contributed by atoms with Crippen molar-refractivity contribution in [3.05, 3.63) is 30.1 Å². The molecule has 0 aliphatic rings. The van der Waals surface area contributed by atoms with Gasteiger partial charge < -0.3 is 30.9 Å². The number of ether oxygens (including phenoxy) is 1. The van der Waals surface area contributed by atoms with E-state index < -0.39 is 30.5 Å². The number of anilines is 4. The maximum absolute atomic E-state index is 13.5. The van der Waals surface area contributed by atoms with Crippen LogP contribution in [-0.4, -0.2) is 63.5 Å². The number of nitrogens with zero attached hydrogens (tertiary/aromatic N) is 3. The summed E-state index contributed by atoms with van der Waals surface area (Å²) in [5.41, 5.74) is 0.417. The first-order chi connectivity index (χ1) is 14.3. The molecule has 0 aliphatic heterocycles. The maximum atomic E-state index is 13.5. The molecule has 2 atom stereocenters. The molecule has 0 bridgehead atoms. The Hall–Kier alpha value is -3.05.